The predicted molar refractivity (Wildman–Crippen MR) is 79.9 cm³/mol. The molecule has 1 heterocycles. The highest BCUT2D eigenvalue weighted by atomic mass is 35.5. The van der Waals surface area contributed by atoms with E-state index in [0.29, 0.717) is 21.6 Å². The van der Waals surface area contributed by atoms with Crippen LogP contribution < -0.4 is 11.2 Å². The fourth-order valence-electron chi connectivity index (χ4n) is 2.22. The highest BCUT2D eigenvalue weighted by Gasteiger charge is 2.11. The number of rotatable bonds is 1. The molecule has 5 heteroatoms. The van der Waals surface area contributed by atoms with Crippen molar-refractivity contribution in [1.29, 1.82) is 0 Å². The molecular weight excluding hydrogens is 276 g/mol. The number of aromatic nitrogens is 2. The first-order valence-corrected chi connectivity index (χ1v) is 6.46. The molecule has 1 N–H and O–H groups in total. The molecule has 4 nitrogen and oxygen atoms in total. The summed E-state index contributed by atoms with van der Waals surface area (Å²) in [6, 6.07) is 12.1. The smallest absolute Gasteiger partial charge is 0.306 e. The first-order chi connectivity index (χ1) is 9.58. The molecule has 0 unspecified atom stereocenters. The quantitative estimate of drug-likeness (QED) is 0.748. The minimum absolute atomic E-state index is 0.352. The Morgan fingerprint density at radius 2 is 1.85 bits per heavy atom. The van der Waals surface area contributed by atoms with Crippen LogP contribution in [0, 0.1) is 6.92 Å². The number of fused-ring (bicyclic) bond motifs is 1. The van der Waals surface area contributed by atoms with Gasteiger partial charge in [-0.1, -0.05) is 29.8 Å². The number of hydrogen-bond acceptors (Lipinski definition) is 2. The molecule has 3 aromatic rings. The third-order valence-electron chi connectivity index (χ3n) is 3.22. The van der Waals surface area contributed by atoms with Gasteiger partial charge in [-0.2, -0.15) is 0 Å². The highest BCUT2D eigenvalue weighted by molar-refractivity contribution is 6.31. The van der Waals surface area contributed by atoms with Crippen LogP contribution >= 0.6 is 11.6 Å². The summed E-state index contributed by atoms with van der Waals surface area (Å²) in [6.45, 7) is 1.85. The Balaban J connectivity index is 2.44. The summed E-state index contributed by atoms with van der Waals surface area (Å²) < 4.78 is 1.14. The molecule has 0 atom stereocenters. The van der Waals surface area contributed by atoms with Crippen LogP contribution in [0.1, 0.15) is 5.56 Å². The van der Waals surface area contributed by atoms with E-state index < -0.39 is 5.69 Å². The van der Waals surface area contributed by atoms with Gasteiger partial charge in [0.05, 0.1) is 16.6 Å². The Hall–Kier alpha value is -2.33. The van der Waals surface area contributed by atoms with Crippen molar-refractivity contribution in [3.05, 3.63) is 73.9 Å². The summed E-state index contributed by atoms with van der Waals surface area (Å²) in [5.41, 5.74) is 1.05. The molecule has 0 spiro atoms. The minimum Gasteiger partial charge on any atom is -0.306 e. The normalized spacial score (nSPS) is 10.9. The lowest BCUT2D eigenvalue weighted by Gasteiger charge is -2.09. The zero-order chi connectivity index (χ0) is 14.3. The van der Waals surface area contributed by atoms with Gasteiger partial charge in [-0.3, -0.25) is 4.79 Å². The van der Waals surface area contributed by atoms with Gasteiger partial charge in [-0.05, 0) is 36.8 Å². The van der Waals surface area contributed by atoms with E-state index in [0.717, 1.165) is 10.1 Å². The van der Waals surface area contributed by atoms with Crippen molar-refractivity contribution in [2.24, 2.45) is 0 Å². The van der Waals surface area contributed by atoms with Gasteiger partial charge in [-0.25, -0.2) is 9.36 Å². The van der Waals surface area contributed by atoms with Crippen molar-refractivity contribution >= 4 is 22.5 Å². The maximum atomic E-state index is 12.5. The lowest BCUT2D eigenvalue weighted by atomic mass is 10.2. The number of aromatic amines is 1. The molecule has 0 saturated carbocycles. The Labute approximate surface area is 119 Å². The van der Waals surface area contributed by atoms with E-state index in [9.17, 15) is 9.59 Å². The third kappa shape index (κ3) is 1.94. The maximum absolute atomic E-state index is 12.5. The van der Waals surface area contributed by atoms with E-state index in [2.05, 4.69) is 4.98 Å². The zero-order valence-corrected chi connectivity index (χ0v) is 11.4. The second kappa shape index (κ2) is 4.65. The number of hydrogen-bond donors (Lipinski definition) is 1. The Morgan fingerprint density at radius 1 is 1.10 bits per heavy atom. The molecule has 0 radical (unpaired) electrons. The minimum atomic E-state index is -0.473. The molecule has 1 aromatic heterocycles. The highest BCUT2D eigenvalue weighted by Crippen LogP contribution is 2.15. The van der Waals surface area contributed by atoms with E-state index in [1.807, 2.05) is 19.1 Å². The summed E-state index contributed by atoms with van der Waals surface area (Å²) in [4.78, 5) is 27.4. The predicted octanol–water partition coefficient (Wildman–Crippen LogP) is 2.64. The summed E-state index contributed by atoms with van der Waals surface area (Å²) in [5.74, 6) is 0. The van der Waals surface area contributed by atoms with Gasteiger partial charge >= 0.3 is 5.69 Å². The number of para-hydroxylation sites is 1. The molecule has 0 aliphatic heterocycles. The van der Waals surface area contributed by atoms with Crippen LogP contribution in [0.3, 0.4) is 0 Å². The van der Waals surface area contributed by atoms with Gasteiger partial charge in [0, 0.05) is 5.02 Å². The number of nitrogens with zero attached hydrogens (tertiary/aromatic N) is 1. The van der Waals surface area contributed by atoms with Gasteiger partial charge in [0.2, 0.25) is 0 Å². The molecule has 0 aliphatic rings. The fraction of sp³-hybridized carbons (Fsp3) is 0.0667. The summed E-state index contributed by atoms with van der Waals surface area (Å²) in [7, 11) is 0. The Morgan fingerprint density at radius 3 is 2.60 bits per heavy atom. The SMILES string of the molecule is Cc1ccccc1-n1c(=O)[nH]c2cc(Cl)ccc2c1=O. The molecule has 2 aromatic carbocycles. The van der Waals surface area contributed by atoms with Crippen LogP contribution in [-0.2, 0) is 0 Å². The standard InChI is InChI=1S/C15H11ClN2O2/c1-9-4-2-3-5-13(9)18-14(19)11-7-6-10(16)8-12(11)17-15(18)20/h2-8H,1H3,(H,17,20). The van der Waals surface area contributed by atoms with Crippen molar-refractivity contribution in [3.8, 4) is 5.69 Å². The molecule has 20 heavy (non-hydrogen) atoms. The second-order valence-electron chi connectivity index (χ2n) is 4.55. The van der Waals surface area contributed by atoms with Crippen LogP contribution in [0.15, 0.2) is 52.1 Å². The summed E-state index contributed by atoms with van der Waals surface area (Å²) >= 11 is 5.87. The van der Waals surface area contributed by atoms with Gasteiger partial charge in [0.25, 0.3) is 5.56 Å². The fourth-order valence-corrected chi connectivity index (χ4v) is 2.40. The molecule has 0 aliphatic carbocycles. The number of aryl methyl sites for hydroxylation is 1. The second-order valence-corrected chi connectivity index (χ2v) is 4.98. The van der Waals surface area contributed by atoms with Crippen LogP contribution in [0.5, 0.6) is 0 Å². The van der Waals surface area contributed by atoms with Crippen LogP contribution in [0.2, 0.25) is 5.02 Å². The van der Waals surface area contributed by atoms with Crippen molar-refractivity contribution in [1.82, 2.24) is 9.55 Å². The van der Waals surface area contributed by atoms with Crippen molar-refractivity contribution in [2.45, 2.75) is 6.92 Å². The van der Waals surface area contributed by atoms with E-state index in [1.54, 1.807) is 30.3 Å². The van der Waals surface area contributed by atoms with Crippen LogP contribution in [-0.4, -0.2) is 9.55 Å². The van der Waals surface area contributed by atoms with Crippen LogP contribution in [0.4, 0.5) is 0 Å². The van der Waals surface area contributed by atoms with E-state index in [-0.39, 0.29) is 5.56 Å². The lowest BCUT2D eigenvalue weighted by Crippen LogP contribution is -2.34. The Bertz CT molecular complexity index is 925. The average molecular weight is 287 g/mol. The largest absolute Gasteiger partial charge is 0.333 e. The average Bonchev–Trinajstić information content (AvgIpc) is 2.40. The molecular formula is C15H11ClN2O2. The van der Waals surface area contributed by atoms with E-state index >= 15 is 0 Å². The summed E-state index contributed by atoms with van der Waals surface area (Å²) in [6.07, 6.45) is 0. The first kappa shape index (κ1) is 12.7. The molecule has 0 amide bonds. The first-order valence-electron chi connectivity index (χ1n) is 6.08. The monoisotopic (exact) mass is 286 g/mol. The molecule has 3 rings (SSSR count). The zero-order valence-electron chi connectivity index (χ0n) is 10.7. The topological polar surface area (TPSA) is 54.9 Å². The number of H-pyrrole nitrogens is 1. The number of benzene rings is 2. The number of halogens is 1. The van der Waals surface area contributed by atoms with Crippen molar-refractivity contribution < 1.29 is 0 Å². The van der Waals surface area contributed by atoms with Crippen molar-refractivity contribution in [3.63, 3.8) is 0 Å². The van der Waals surface area contributed by atoms with Crippen LogP contribution in [0.25, 0.3) is 16.6 Å². The van der Waals surface area contributed by atoms with Gasteiger partial charge < -0.3 is 4.98 Å². The van der Waals surface area contributed by atoms with Gasteiger partial charge in [-0.15, -0.1) is 0 Å². The molecule has 0 bridgehead atoms. The Kier molecular flexibility index (Phi) is 2.95. The maximum Gasteiger partial charge on any atom is 0.333 e. The van der Waals surface area contributed by atoms with E-state index in [1.165, 1.54) is 0 Å². The van der Waals surface area contributed by atoms with Gasteiger partial charge in [0.1, 0.15) is 0 Å². The number of nitrogens with one attached hydrogen (secondary N) is 1. The molecule has 100 valence electrons. The third-order valence-corrected chi connectivity index (χ3v) is 3.45. The summed E-state index contributed by atoms with van der Waals surface area (Å²) in [5, 5.41) is 0.901. The van der Waals surface area contributed by atoms with E-state index in [4.69, 9.17) is 11.6 Å². The molecule has 0 saturated heterocycles. The van der Waals surface area contributed by atoms with Gasteiger partial charge in [0.15, 0.2) is 0 Å². The van der Waals surface area contributed by atoms with Crippen molar-refractivity contribution in [2.75, 3.05) is 0 Å². The lowest BCUT2D eigenvalue weighted by molar-refractivity contribution is 0.894. The molecule has 0 fully saturated rings.